The number of hydrogen-bond donors (Lipinski definition) is 1. The van der Waals surface area contributed by atoms with E-state index in [1.54, 1.807) is 11.3 Å². The summed E-state index contributed by atoms with van der Waals surface area (Å²) < 4.78 is 1.13. The van der Waals surface area contributed by atoms with Crippen molar-refractivity contribution in [2.75, 3.05) is 11.9 Å². The molecule has 0 aliphatic carbocycles. The molecule has 18 heavy (non-hydrogen) atoms. The van der Waals surface area contributed by atoms with Crippen LogP contribution in [0.5, 0.6) is 0 Å². The Labute approximate surface area is 124 Å². The third-order valence-corrected chi connectivity index (χ3v) is 4.75. The third kappa shape index (κ3) is 3.26. The molecule has 0 aliphatic rings. The average Bonchev–Trinajstić information content (AvgIpc) is 2.74. The molecule has 5 heteroatoms. The van der Waals surface area contributed by atoms with Gasteiger partial charge in [0.15, 0.2) is 0 Å². The van der Waals surface area contributed by atoms with Crippen LogP contribution in [0, 0.1) is 0 Å². The zero-order valence-corrected chi connectivity index (χ0v) is 13.1. The van der Waals surface area contributed by atoms with Crippen molar-refractivity contribution in [3.05, 3.63) is 49.6 Å². The van der Waals surface area contributed by atoms with Crippen molar-refractivity contribution >= 4 is 44.6 Å². The predicted molar refractivity (Wildman–Crippen MR) is 83.5 cm³/mol. The molecule has 0 radical (unpaired) electrons. The van der Waals surface area contributed by atoms with Gasteiger partial charge in [0.2, 0.25) is 0 Å². The van der Waals surface area contributed by atoms with E-state index < -0.39 is 0 Å². The van der Waals surface area contributed by atoms with Crippen LogP contribution >= 0.6 is 38.9 Å². The lowest BCUT2D eigenvalue weighted by molar-refractivity contribution is 0.938. The second-order valence-electron chi connectivity index (χ2n) is 4.07. The molecule has 0 fully saturated rings. The number of hydrogen-bond acceptors (Lipinski definition) is 3. The lowest BCUT2D eigenvalue weighted by atomic mass is 10.2. The van der Waals surface area contributed by atoms with Gasteiger partial charge in [-0.1, -0.05) is 17.7 Å². The van der Waals surface area contributed by atoms with Crippen LogP contribution < -0.4 is 10.6 Å². The van der Waals surface area contributed by atoms with Crippen LogP contribution in [0.3, 0.4) is 0 Å². The number of halogens is 2. The summed E-state index contributed by atoms with van der Waals surface area (Å²) in [6, 6.07) is 8.14. The van der Waals surface area contributed by atoms with Crippen molar-refractivity contribution in [1.82, 2.24) is 0 Å². The number of benzene rings is 1. The van der Waals surface area contributed by atoms with Gasteiger partial charge in [0, 0.05) is 39.0 Å². The van der Waals surface area contributed by atoms with Crippen molar-refractivity contribution in [3.63, 3.8) is 0 Å². The van der Waals surface area contributed by atoms with Crippen molar-refractivity contribution in [2.45, 2.75) is 13.1 Å². The highest BCUT2D eigenvalue weighted by Crippen LogP contribution is 2.26. The van der Waals surface area contributed by atoms with E-state index in [0.29, 0.717) is 6.54 Å². The molecule has 1 heterocycles. The van der Waals surface area contributed by atoms with E-state index in [4.69, 9.17) is 17.3 Å². The highest BCUT2D eigenvalue weighted by atomic mass is 79.9. The molecule has 0 aliphatic heterocycles. The molecule has 2 N–H and O–H groups in total. The molecule has 2 rings (SSSR count). The van der Waals surface area contributed by atoms with Crippen molar-refractivity contribution in [1.29, 1.82) is 0 Å². The maximum absolute atomic E-state index is 6.17. The van der Waals surface area contributed by atoms with E-state index in [2.05, 4.69) is 45.4 Å². The highest BCUT2D eigenvalue weighted by Gasteiger charge is 2.06. The van der Waals surface area contributed by atoms with Crippen LogP contribution in [-0.2, 0) is 13.1 Å². The Kier molecular flexibility index (Phi) is 4.67. The number of thiophene rings is 1. The summed E-state index contributed by atoms with van der Waals surface area (Å²) in [7, 11) is 2.06. The van der Waals surface area contributed by atoms with Gasteiger partial charge in [-0.25, -0.2) is 0 Å². The summed E-state index contributed by atoms with van der Waals surface area (Å²) in [5.74, 6) is 0. The van der Waals surface area contributed by atoms with Gasteiger partial charge in [-0.2, -0.15) is 0 Å². The van der Waals surface area contributed by atoms with Gasteiger partial charge in [0.1, 0.15) is 0 Å². The van der Waals surface area contributed by atoms with E-state index in [-0.39, 0.29) is 0 Å². The summed E-state index contributed by atoms with van der Waals surface area (Å²) in [5.41, 5.74) is 7.68. The molecule has 2 aromatic rings. The second kappa shape index (κ2) is 6.06. The first-order valence-electron chi connectivity index (χ1n) is 5.52. The van der Waals surface area contributed by atoms with Crippen LogP contribution in [0.4, 0.5) is 5.69 Å². The van der Waals surface area contributed by atoms with Crippen LogP contribution in [0.25, 0.3) is 0 Å². The van der Waals surface area contributed by atoms with E-state index in [1.165, 1.54) is 4.88 Å². The summed E-state index contributed by atoms with van der Waals surface area (Å²) in [5, 5.41) is 2.82. The van der Waals surface area contributed by atoms with Crippen molar-refractivity contribution in [3.8, 4) is 0 Å². The number of nitrogens with two attached hydrogens (primary N) is 1. The van der Waals surface area contributed by atoms with E-state index in [0.717, 1.165) is 27.3 Å². The monoisotopic (exact) mass is 344 g/mol. The Balaban J connectivity index is 2.13. The molecule has 0 amide bonds. The quantitative estimate of drug-likeness (QED) is 0.897. The number of anilines is 1. The minimum Gasteiger partial charge on any atom is -0.369 e. The van der Waals surface area contributed by atoms with Crippen LogP contribution in [0.15, 0.2) is 34.1 Å². The van der Waals surface area contributed by atoms with E-state index in [9.17, 15) is 0 Å². The van der Waals surface area contributed by atoms with Crippen LogP contribution in [-0.4, -0.2) is 7.05 Å². The van der Waals surface area contributed by atoms with E-state index in [1.807, 2.05) is 12.1 Å². The highest BCUT2D eigenvalue weighted by molar-refractivity contribution is 9.10. The standard InChI is InChI=1S/C13H14BrClN2S/c1-17(7-12-4-10(14)8-18-12)11-3-2-9(6-16)13(15)5-11/h2-5,8H,6-7,16H2,1H3. The molecule has 0 unspecified atom stereocenters. The normalized spacial score (nSPS) is 10.7. The summed E-state index contributed by atoms with van der Waals surface area (Å²) in [4.78, 5) is 3.48. The molecule has 96 valence electrons. The van der Waals surface area contributed by atoms with Crippen molar-refractivity contribution in [2.24, 2.45) is 5.73 Å². The molecule has 1 aromatic carbocycles. The first kappa shape index (κ1) is 13.9. The first-order valence-corrected chi connectivity index (χ1v) is 7.57. The van der Waals surface area contributed by atoms with Gasteiger partial charge < -0.3 is 10.6 Å². The molecular weight excluding hydrogens is 332 g/mol. The fourth-order valence-electron chi connectivity index (χ4n) is 1.70. The third-order valence-electron chi connectivity index (χ3n) is 2.71. The van der Waals surface area contributed by atoms with Gasteiger partial charge in [-0.15, -0.1) is 11.3 Å². The molecule has 2 nitrogen and oxygen atoms in total. The predicted octanol–water partition coefficient (Wildman–Crippen LogP) is 4.26. The summed E-state index contributed by atoms with van der Waals surface area (Å²) in [6.45, 7) is 1.34. The zero-order valence-electron chi connectivity index (χ0n) is 9.99. The van der Waals surface area contributed by atoms with Gasteiger partial charge in [0.05, 0.1) is 6.54 Å². The average molecular weight is 346 g/mol. The Morgan fingerprint density at radius 2 is 2.17 bits per heavy atom. The zero-order chi connectivity index (χ0) is 13.1. The Bertz CT molecular complexity index is 542. The Morgan fingerprint density at radius 1 is 1.39 bits per heavy atom. The minimum atomic E-state index is 0.473. The lowest BCUT2D eigenvalue weighted by Crippen LogP contribution is -2.15. The largest absolute Gasteiger partial charge is 0.369 e. The number of rotatable bonds is 4. The van der Waals surface area contributed by atoms with Crippen LogP contribution in [0.2, 0.25) is 5.02 Å². The Morgan fingerprint density at radius 3 is 2.72 bits per heavy atom. The van der Waals surface area contributed by atoms with Gasteiger partial charge in [0.25, 0.3) is 0 Å². The first-order chi connectivity index (χ1) is 8.60. The van der Waals surface area contributed by atoms with Gasteiger partial charge in [-0.3, -0.25) is 0 Å². The SMILES string of the molecule is CN(Cc1cc(Br)cs1)c1ccc(CN)c(Cl)c1. The summed E-state index contributed by atoms with van der Waals surface area (Å²) in [6.07, 6.45) is 0. The fourth-order valence-corrected chi connectivity index (χ4v) is 3.46. The molecule has 0 bridgehead atoms. The lowest BCUT2D eigenvalue weighted by Gasteiger charge is -2.19. The topological polar surface area (TPSA) is 29.3 Å². The molecule has 0 spiro atoms. The molecule has 0 saturated carbocycles. The fraction of sp³-hybridized carbons (Fsp3) is 0.231. The maximum atomic E-state index is 6.17. The molecule has 0 saturated heterocycles. The van der Waals surface area contributed by atoms with Crippen LogP contribution in [0.1, 0.15) is 10.4 Å². The van der Waals surface area contributed by atoms with E-state index >= 15 is 0 Å². The molecule has 1 aromatic heterocycles. The Hall–Kier alpha value is -0.550. The maximum Gasteiger partial charge on any atom is 0.0519 e. The molecular formula is C13H14BrClN2S. The second-order valence-corrected chi connectivity index (χ2v) is 6.39. The summed E-state index contributed by atoms with van der Waals surface area (Å²) >= 11 is 11.4. The smallest absolute Gasteiger partial charge is 0.0519 e. The number of nitrogens with zero attached hydrogens (tertiary/aromatic N) is 1. The van der Waals surface area contributed by atoms with Gasteiger partial charge >= 0.3 is 0 Å². The van der Waals surface area contributed by atoms with Gasteiger partial charge in [-0.05, 0) is 39.7 Å². The minimum absolute atomic E-state index is 0.473. The van der Waals surface area contributed by atoms with Crippen molar-refractivity contribution < 1.29 is 0 Å². The molecule has 0 atom stereocenters.